The molecular weight excluding hydrogens is 306 g/mol. The van der Waals surface area contributed by atoms with E-state index in [0.29, 0.717) is 5.92 Å². The molecular formula is C17H29N5O2. The number of anilines is 1. The van der Waals surface area contributed by atoms with Crippen molar-refractivity contribution in [2.75, 3.05) is 51.3 Å². The fourth-order valence-corrected chi connectivity index (χ4v) is 3.27. The third kappa shape index (κ3) is 4.27. The molecule has 0 aliphatic carbocycles. The summed E-state index contributed by atoms with van der Waals surface area (Å²) in [5.41, 5.74) is 0.673. The molecule has 0 saturated carbocycles. The molecule has 1 N–H and O–H groups in total. The van der Waals surface area contributed by atoms with Crippen molar-refractivity contribution in [1.82, 2.24) is 19.6 Å². The fraction of sp³-hybridized carbons (Fsp3) is 0.765. The van der Waals surface area contributed by atoms with Crippen LogP contribution < -0.4 is 5.32 Å². The number of urea groups is 1. The second-order valence-electron chi connectivity index (χ2n) is 7.79. The number of nitrogens with one attached hydrogen (secondary N) is 1. The SMILES string of the molecule is CC(C)(C)n1cc(NC(=O)N2CCC(CN3CCOCC3)C2)cn1. The van der Waals surface area contributed by atoms with E-state index in [1.165, 1.54) is 0 Å². The zero-order valence-corrected chi connectivity index (χ0v) is 15.0. The molecule has 7 nitrogen and oxygen atoms in total. The fourth-order valence-electron chi connectivity index (χ4n) is 3.27. The molecule has 2 fully saturated rings. The predicted molar refractivity (Wildman–Crippen MR) is 93.2 cm³/mol. The summed E-state index contributed by atoms with van der Waals surface area (Å²) in [6.45, 7) is 12.7. The maximum absolute atomic E-state index is 12.5. The molecule has 0 spiro atoms. The molecule has 1 unspecified atom stereocenters. The number of nitrogens with zero attached hydrogens (tertiary/aromatic N) is 4. The highest BCUT2D eigenvalue weighted by atomic mass is 16.5. The summed E-state index contributed by atoms with van der Waals surface area (Å²) >= 11 is 0. The van der Waals surface area contributed by atoms with E-state index in [0.717, 1.165) is 58.0 Å². The molecule has 1 atom stereocenters. The molecule has 24 heavy (non-hydrogen) atoms. The van der Waals surface area contributed by atoms with Crippen molar-refractivity contribution in [3.63, 3.8) is 0 Å². The smallest absolute Gasteiger partial charge is 0.321 e. The lowest BCUT2D eigenvalue weighted by atomic mass is 10.1. The van der Waals surface area contributed by atoms with Gasteiger partial charge in [0.05, 0.1) is 30.6 Å². The van der Waals surface area contributed by atoms with Gasteiger partial charge in [0.1, 0.15) is 0 Å². The predicted octanol–water partition coefficient (Wildman–Crippen LogP) is 1.82. The molecule has 3 heterocycles. The number of ether oxygens (including phenoxy) is 1. The summed E-state index contributed by atoms with van der Waals surface area (Å²) < 4.78 is 7.26. The van der Waals surface area contributed by atoms with Crippen LogP contribution in [0.15, 0.2) is 12.4 Å². The van der Waals surface area contributed by atoms with Crippen LogP contribution in [0.3, 0.4) is 0 Å². The van der Waals surface area contributed by atoms with Crippen LogP contribution in [0.4, 0.5) is 10.5 Å². The minimum absolute atomic E-state index is 0.0204. The van der Waals surface area contributed by atoms with Gasteiger partial charge in [-0.25, -0.2) is 4.79 Å². The summed E-state index contributed by atoms with van der Waals surface area (Å²) in [7, 11) is 0. The number of amides is 2. The Morgan fingerprint density at radius 1 is 1.33 bits per heavy atom. The van der Waals surface area contributed by atoms with Crippen molar-refractivity contribution in [2.24, 2.45) is 5.92 Å². The number of carbonyl (C=O) groups is 1. The highest BCUT2D eigenvalue weighted by molar-refractivity contribution is 5.89. The minimum atomic E-state index is -0.0835. The van der Waals surface area contributed by atoms with Gasteiger partial charge in [-0.1, -0.05) is 0 Å². The number of carbonyl (C=O) groups excluding carboxylic acids is 1. The van der Waals surface area contributed by atoms with Gasteiger partial charge in [0.15, 0.2) is 0 Å². The van der Waals surface area contributed by atoms with Crippen molar-refractivity contribution in [2.45, 2.75) is 32.7 Å². The second-order valence-corrected chi connectivity index (χ2v) is 7.79. The Bertz CT molecular complexity index is 560. The lowest BCUT2D eigenvalue weighted by Gasteiger charge is -2.29. The topological polar surface area (TPSA) is 62.6 Å². The first kappa shape index (κ1) is 17.2. The summed E-state index contributed by atoms with van der Waals surface area (Å²) in [4.78, 5) is 16.8. The number of hydrogen-bond donors (Lipinski definition) is 1. The Morgan fingerprint density at radius 3 is 2.75 bits per heavy atom. The maximum atomic E-state index is 12.5. The third-order valence-electron chi connectivity index (χ3n) is 4.71. The Hall–Kier alpha value is -1.60. The van der Waals surface area contributed by atoms with E-state index in [1.807, 2.05) is 15.8 Å². The van der Waals surface area contributed by atoms with Gasteiger partial charge in [0.25, 0.3) is 0 Å². The molecule has 134 valence electrons. The molecule has 1 aromatic heterocycles. The first-order valence-electron chi connectivity index (χ1n) is 8.83. The van der Waals surface area contributed by atoms with Crippen LogP contribution in [0.25, 0.3) is 0 Å². The van der Waals surface area contributed by atoms with Crippen LogP contribution in [-0.2, 0) is 10.3 Å². The molecule has 2 saturated heterocycles. The number of morpholine rings is 1. The van der Waals surface area contributed by atoms with Crippen LogP contribution in [0.2, 0.25) is 0 Å². The highest BCUT2D eigenvalue weighted by Crippen LogP contribution is 2.20. The molecule has 1 aromatic rings. The number of hydrogen-bond acceptors (Lipinski definition) is 4. The quantitative estimate of drug-likeness (QED) is 0.915. The lowest BCUT2D eigenvalue weighted by Crippen LogP contribution is -2.40. The van der Waals surface area contributed by atoms with Gasteiger partial charge in [-0.15, -0.1) is 0 Å². The Kier molecular flexibility index (Phi) is 5.10. The van der Waals surface area contributed by atoms with Gasteiger partial charge in [0.2, 0.25) is 0 Å². The largest absolute Gasteiger partial charge is 0.379 e. The first-order valence-corrected chi connectivity index (χ1v) is 8.83. The van der Waals surface area contributed by atoms with E-state index in [2.05, 4.69) is 36.1 Å². The summed E-state index contributed by atoms with van der Waals surface area (Å²) in [5, 5.41) is 7.29. The van der Waals surface area contributed by atoms with Crippen LogP contribution >= 0.6 is 0 Å². The Morgan fingerprint density at radius 2 is 2.08 bits per heavy atom. The normalized spacial score (nSPS) is 22.8. The van der Waals surface area contributed by atoms with E-state index < -0.39 is 0 Å². The van der Waals surface area contributed by atoms with E-state index in [4.69, 9.17) is 4.74 Å². The summed E-state index contributed by atoms with van der Waals surface area (Å²) in [6, 6.07) is -0.0204. The van der Waals surface area contributed by atoms with Gasteiger partial charge in [0, 0.05) is 38.9 Å². The average molecular weight is 335 g/mol. The number of aromatic nitrogens is 2. The van der Waals surface area contributed by atoms with Crippen LogP contribution in [0, 0.1) is 5.92 Å². The van der Waals surface area contributed by atoms with E-state index in [1.54, 1.807) is 6.20 Å². The van der Waals surface area contributed by atoms with Crippen molar-refractivity contribution in [3.8, 4) is 0 Å². The van der Waals surface area contributed by atoms with Gasteiger partial charge in [-0.05, 0) is 33.1 Å². The van der Waals surface area contributed by atoms with Crippen molar-refractivity contribution >= 4 is 11.7 Å². The average Bonchev–Trinajstić information content (AvgIpc) is 3.17. The van der Waals surface area contributed by atoms with Crippen molar-refractivity contribution in [3.05, 3.63) is 12.4 Å². The first-order chi connectivity index (χ1) is 11.4. The molecule has 3 rings (SSSR count). The number of rotatable bonds is 3. The van der Waals surface area contributed by atoms with Gasteiger partial charge >= 0.3 is 6.03 Å². The van der Waals surface area contributed by atoms with E-state index >= 15 is 0 Å². The summed E-state index contributed by atoms with van der Waals surface area (Å²) in [5.74, 6) is 0.561. The van der Waals surface area contributed by atoms with Gasteiger partial charge in [-0.2, -0.15) is 5.10 Å². The zero-order valence-electron chi connectivity index (χ0n) is 15.0. The molecule has 0 bridgehead atoms. The Labute approximate surface area is 143 Å². The van der Waals surface area contributed by atoms with Crippen LogP contribution in [0.1, 0.15) is 27.2 Å². The lowest BCUT2D eigenvalue weighted by molar-refractivity contribution is 0.0314. The van der Waals surface area contributed by atoms with E-state index in [9.17, 15) is 4.79 Å². The molecule has 0 radical (unpaired) electrons. The monoisotopic (exact) mass is 335 g/mol. The molecule has 2 amide bonds. The van der Waals surface area contributed by atoms with E-state index in [-0.39, 0.29) is 11.6 Å². The maximum Gasteiger partial charge on any atom is 0.321 e. The molecule has 7 heteroatoms. The molecule has 0 aromatic carbocycles. The minimum Gasteiger partial charge on any atom is -0.379 e. The van der Waals surface area contributed by atoms with Crippen LogP contribution in [0.5, 0.6) is 0 Å². The van der Waals surface area contributed by atoms with Crippen LogP contribution in [-0.4, -0.2) is 71.5 Å². The summed E-state index contributed by atoms with van der Waals surface area (Å²) in [6.07, 6.45) is 4.68. The zero-order chi connectivity index (χ0) is 17.2. The van der Waals surface area contributed by atoms with Gasteiger partial charge in [-0.3, -0.25) is 9.58 Å². The number of likely N-dealkylation sites (tertiary alicyclic amines) is 1. The van der Waals surface area contributed by atoms with Crippen molar-refractivity contribution in [1.29, 1.82) is 0 Å². The van der Waals surface area contributed by atoms with Crippen molar-refractivity contribution < 1.29 is 9.53 Å². The Balaban J connectivity index is 1.48. The third-order valence-corrected chi connectivity index (χ3v) is 4.71. The standard InChI is InChI=1S/C17H29N5O2/c1-17(2,3)22-13-15(10-18-22)19-16(23)21-5-4-14(12-21)11-20-6-8-24-9-7-20/h10,13-14H,4-9,11-12H2,1-3H3,(H,19,23). The molecule has 2 aliphatic rings. The molecule has 2 aliphatic heterocycles. The second kappa shape index (κ2) is 7.11. The highest BCUT2D eigenvalue weighted by Gasteiger charge is 2.28. The van der Waals surface area contributed by atoms with Gasteiger partial charge < -0.3 is 15.0 Å².